The number of hydrogen-bond donors (Lipinski definition) is 3. The molecule has 3 N–H and O–H groups in total. The number of fused-ring (bicyclic) bond motifs is 1. The van der Waals surface area contributed by atoms with Crippen molar-refractivity contribution >= 4 is 22.8 Å². The number of amides is 2. The number of carbonyl (C=O) groups excluding carboxylic acids is 2. The fraction of sp³-hybridized carbons (Fsp3) is 0.129. The first-order chi connectivity index (χ1) is 18.6. The van der Waals surface area contributed by atoms with Crippen LogP contribution in [0, 0.1) is 0 Å². The molecule has 0 fully saturated rings. The molecule has 0 saturated heterocycles. The second-order valence-corrected chi connectivity index (χ2v) is 8.89. The second-order valence-electron chi connectivity index (χ2n) is 8.89. The summed E-state index contributed by atoms with van der Waals surface area (Å²) in [5, 5.41) is 5.99. The molecule has 0 bridgehead atoms. The summed E-state index contributed by atoms with van der Waals surface area (Å²) < 4.78 is 5.18. The Balaban J connectivity index is 1.28. The third-order valence-corrected chi connectivity index (χ3v) is 6.33. The van der Waals surface area contributed by atoms with Crippen LogP contribution in [-0.4, -0.2) is 28.9 Å². The number of aromatic nitrogens is 2. The van der Waals surface area contributed by atoms with Gasteiger partial charge < -0.3 is 20.4 Å². The molecule has 1 heterocycles. The molecule has 7 nitrogen and oxygen atoms in total. The molecule has 0 spiro atoms. The smallest absolute Gasteiger partial charge is 0.252 e. The van der Waals surface area contributed by atoms with Crippen LogP contribution in [0.15, 0.2) is 97.1 Å². The van der Waals surface area contributed by atoms with Crippen molar-refractivity contribution in [1.29, 1.82) is 0 Å². The number of H-pyrrole nitrogens is 1. The molecule has 0 radical (unpaired) electrons. The largest absolute Gasteiger partial charge is 0.497 e. The molecule has 7 heteroatoms. The molecule has 4 aromatic carbocycles. The van der Waals surface area contributed by atoms with Crippen LogP contribution in [0.25, 0.3) is 22.2 Å². The van der Waals surface area contributed by atoms with Crippen LogP contribution in [0.3, 0.4) is 0 Å². The minimum absolute atomic E-state index is 0.0816. The summed E-state index contributed by atoms with van der Waals surface area (Å²) in [5.41, 5.74) is 5.87. The first-order valence-corrected chi connectivity index (χ1v) is 12.4. The average Bonchev–Trinajstić information content (AvgIpc) is 3.38. The monoisotopic (exact) mass is 504 g/mol. The molecule has 0 aliphatic heterocycles. The van der Waals surface area contributed by atoms with Gasteiger partial charge in [0.1, 0.15) is 11.6 Å². The van der Waals surface area contributed by atoms with E-state index in [1.807, 2.05) is 97.1 Å². The lowest BCUT2D eigenvalue weighted by Gasteiger charge is -2.14. The average molecular weight is 505 g/mol. The van der Waals surface area contributed by atoms with Crippen molar-refractivity contribution < 1.29 is 14.3 Å². The van der Waals surface area contributed by atoms with Gasteiger partial charge in [-0.05, 0) is 52.6 Å². The van der Waals surface area contributed by atoms with E-state index in [0.717, 1.165) is 39.0 Å². The number of hydrogen-bond acceptors (Lipinski definition) is 4. The number of para-hydroxylation sites is 2. The van der Waals surface area contributed by atoms with E-state index in [1.54, 1.807) is 7.11 Å². The third-order valence-electron chi connectivity index (χ3n) is 6.33. The minimum atomic E-state index is -0.195. The highest BCUT2D eigenvalue weighted by Gasteiger charge is 2.16. The summed E-state index contributed by atoms with van der Waals surface area (Å²) in [4.78, 5) is 33.6. The van der Waals surface area contributed by atoms with E-state index in [4.69, 9.17) is 4.74 Å². The Hall–Kier alpha value is -4.91. The van der Waals surface area contributed by atoms with E-state index >= 15 is 0 Å². The molecule has 190 valence electrons. The van der Waals surface area contributed by atoms with Crippen molar-refractivity contribution in [1.82, 2.24) is 20.6 Å². The standard InChI is InChI=1S/C31H28N4O3/c1-38-23-16-14-21(15-17-23)18-30(36)32-19-22-8-2-3-9-24(22)25-10-4-5-11-26(25)31(37)33-20-29-34-27-12-6-7-13-28(27)35-29/h2-17H,18-20H2,1H3,(H,32,36)(H,33,37)(H,34,35). The molecule has 38 heavy (non-hydrogen) atoms. The Morgan fingerprint density at radius 1 is 0.789 bits per heavy atom. The van der Waals surface area contributed by atoms with Gasteiger partial charge in [-0.2, -0.15) is 0 Å². The predicted molar refractivity (Wildman–Crippen MR) is 148 cm³/mol. The molecule has 1 aromatic heterocycles. The summed E-state index contributed by atoms with van der Waals surface area (Å²) in [6.07, 6.45) is 0.271. The molecule has 0 atom stereocenters. The highest BCUT2D eigenvalue weighted by molar-refractivity contribution is 6.01. The van der Waals surface area contributed by atoms with Crippen LogP contribution in [0.5, 0.6) is 5.75 Å². The predicted octanol–water partition coefficient (Wildman–Crippen LogP) is 5.03. The molecular formula is C31H28N4O3. The van der Waals surface area contributed by atoms with Gasteiger partial charge in [0.25, 0.3) is 5.91 Å². The van der Waals surface area contributed by atoms with Crippen LogP contribution in [0.4, 0.5) is 0 Å². The lowest BCUT2D eigenvalue weighted by atomic mass is 9.95. The van der Waals surface area contributed by atoms with Gasteiger partial charge in [-0.1, -0.05) is 66.7 Å². The number of nitrogens with one attached hydrogen (secondary N) is 3. The van der Waals surface area contributed by atoms with Gasteiger partial charge in [-0.25, -0.2) is 4.98 Å². The highest BCUT2D eigenvalue weighted by atomic mass is 16.5. The zero-order valence-corrected chi connectivity index (χ0v) is 21.0. The van der Waals surface area contributed by atoms with Crippen LogP contribution in [-0.2, 0) is 24.3 Å². The molecular weight excluding hydrogens is 476 g/mol. The van der Waals surface area contributed by atoms with Gasteiger partial charge in [0.05, 0.1) is 31.1 Å². The van der Waals surface area contributed by atoms with E-state index < -0.39 is 0 Å². The van der Waals surface area contributed by atoms with E-state index in [-0.39, 0.29) is 24.8 Å². The molecule has 2 amide bonds. The van der Waals surface area contributed by atoms with Gasteiger partial charge in [0.15, 0.2) is 0 Å². The van der Waals surface area contributed by atoms with Crippen molar-refractivity contribution in [2.45, 2.75) is 19.5 Å². The van der Waals surface area contributed by atoms with Gasteiger partial charge in [0.2, 0.25) is 5.91 Å². The van der Waals surface area contributed by atoms with Crippen molar-refractivity contribution in [3.8, 4) is 16.9 Å². The second kappa shape index (κ2) is 11.4. The summed E-state index contributed by atoms with van der Waals surface area (Å²) in [5.74, 6) is 1.17. The number of imidazole rings is 1. The number of aromatic amines is 1. The summed E-state index contributed by atoms with van der Waals surface area (Å²) in [6, 6.07) is 30.5. The highest BCUT2D eigenvalue weighted by Crippen LogP contribution is 2.27. The van der Waals surface area contributed by atoms with E-state index in [9.17, 15) is 9.59 Å². The molecule has 0 saturated carbocycles. The normalized spacial score (nSPS) is 10.8. The minimum Gasteiger partial charge on any atom is -0.497 e. The Bertz CT molecular complexity index is 1540. The Kier molecular flexibility index (Phi) is 7.45. The SMILES string of the molecule is COc1ccc(CC(=O)NCc2ccccc2-c2ccccc2C(=O)NCc2nc3ccccc3[nH]2)cc1. The number of nitrogens with zero attached hydrogens (tertiary/aromatic N) is 1. The van der Waals surface area contributed by atoms with Gasteiger partial charge in [-0.15, -0.1) is 0 Å². The molecule has 0 unspecified atom stereocenters. The maximum absolute atomic E-state index is 13.2. The molecule has 0 aliphatic rings. The molecule has 0 aliphatic carbocycles. The zero-order chi connectivity index (χ0) is 26.3. The summed E-state index contributed by atoms with van der Waals surface area (Å²) >= 11 is 0. The van der Waals surface area contributed by atoms with Crippen LogP contribution >= 0.6 is 0 Å². The summed E-state index contributed by atoms with van der Waals surface area (Å²) in [7, 11) is 1.61. The van der Waals surface area contributed by atoms with E-state index in [0.29, 0.717) is 17.9 Å². The van der Waals surface area contributed by atoms with Crippen LogP contribution in [0.1, 0.15) is 27.3 Å². The van der Waals surface area contributed by atoms with Gasteiger partial charge in [-0.3, -0.25) is 9.59 Å². The molecule has 5 rings (SSSR count). The lowest BCUT2D eigenvalue weighted by molar-refractivity contribution is -0.120. The van der Waals surface area contributed by atoms with Crippen LogP contribution < -0.4 is 15.4 Å². The van der Waals surface area contributed by atoms with E-state index in [2.05, 4.69) is 20.6 Å². The van der Waals surface area contributed by atoms with E-state index in [1.165, 1.54) is 0 Å². The fourth-order valence-corrected chi connectivity index (χ4v) is 4.39. The van der Waals surface area contributed by atoms with Gasteiger partial charge >= 0.3 is 0 Å². The lowest BCUT2D eigenvalue weighted by Crippen LogP contribution is -2.25. The van der Waals surface area contributed by atoms with Gasteiger partial charge in [0, 0.05) is 12.1 Å². The van der Waals surface area contributed by atoms with Crippen molar-refractivity contribution in [3.05, 3.63) is 120 Å². The topological polar surface area (TPSA) is 96.1 Å². The number of benzene rings is 4. The number of rotatable bonds is 9. The number of methoxy groups -OCH3 is 1. The quantitative estimate of drug-likeness (QED) is 0.262. The Morgan fingerprint density at radius 2 is 1.50 bits per heavy atom. The third kappa shape index (κ3) is 5.73. The van der Waals surface area contributed by atoms with Crippen molar-refractivity contribution in [2.75, 3.05) is 7.11 Å². The first kappa shape index (κ1) is 24.8. The summed E-state index contributed by atoms with van der Waals surface area (Å²) in [6.45, 7) is 0.630. The first-order valence-electron chi connectivity index (χ1n) is 12.4. The number of ether oxygens (including phenoxy) is 1. The van der Waals surface area contributed by atoms with Crippen LogP contribution in [0.2, 0.25) is 0 Å². The fourth-order valence-electron chi connectivity index (χ4n) is 4.39. The Morgan fingerprint density at radius 3 is 2.29 bits per heavy atom. The molecule has 5 aromatic rings. The van der Waals surface area contributed by atoms with Crippen molar-refractivity contribution in [3.63, 3.8) is 0 Å². The maximum Gasteiger partial charge on any atom is 0.252 e. The Labute approximate surface area is 220 Å². The maximum atomic E-state index is 13.2. The van der Waals surface area contributed by atoms with Crippen molar-refractivity contribution in [2.24, 2.45) is 0 Å². The number of carbonyl (C=O) groups is 2. The zero-order valence-electron chi connectivity index (χ0n) is 21.0.